The zero-order valence-corrected chi connectivity index (χ0v) is 8.32. The van der Waals surface area contributed by atoms with Crippen molar-refractivity contribution in [2.24, 2.45) is 0 Å². The molecule has 0 radical (unpaired) electrons. The van der Waals surface area contributed by atoms with Gasteiger partial charge in [0.05, 0.1) is 18.7 Å². The van der Waals surface area contributed by atoms with Crippen molar-refractivity contribution in [3.8, 4) is 5.75 Å². The van der Waals surface area contributed by atoms with Gasteiger partial charge < -0.3 is 19.9 Å². The van der Waals surface area contributed by atoms with E-state index in [1.165, 1.54) is 19.2 Å². The normalized spacial score (nSPS) is 10.1. The molecule has 1 aromatic rings. The predicted octanol–water partition coefficient (Wildman–Crippen LogP) is -0.479. The van der Waals surface area contributed by atoms with E-state index in [2.05, 4.69) is 0 Å². The Morgan fingerprint density at radius 3 is 2.50 bits per heavy atom. The smallest absolute Gasteiger partial charge is 0.488 e. The van der Waals surface area contributed by atoms with Crippen LogP contribution >= 0.6 is 11.6 Å². The van der Waals surface area contributed by atoms with Gasteiger partial charge in [0, 0.05) is 5.56 Å². The topological polar surface area (TPSA) is 69.9 Å². The Balaban J connectivity index is 3.24. The molecule has 3 N–H and O–H groups in total. The highest BCUT2D eigenvalue weighted by Crippen LogP contribution is 2.27. The quantitative estimate of drug-likeness (QED) is 0.597. The molecule has 14 heavy (non-hydrogen) atoms. The molecule has 0 amide bonds. The van der Waals surface area contributed by atoms with E-state index < -0.39 is 7.12 Å². The lowest BCUT2D eigenvalue weighted by atomic mass is 9.79. The third kappa shape index (κ3) is 2.19. The Labute approximate surface area is 86.9 Å². The highest BCUT2D eigenvalue weighted by atomic mass is 35.5. The number of methoxy groups -OCH3 is 1. The van der Waals surface area contributed by atoms with Crippen LogP contribution in [0, 0.1) is 0 Å². The molecule has 76 valence electrons. The van der Waals surface area contributed by atoms with Crippen LogP contribution in [-0.4, -0.2) is 29.4 Å². The van der Waals surface area contributed by atoms with Crippen molar-refractivity contribution < 1.29 is 19.9 Å². The number of aliphatic hydroxyl groups is 1. The molecule has 1 rings (SSSR count). The van der Waals surface area contributed by atoms with Crippen LogP contribution in [0.15, 0.2) is 12.1 Å². The number of hydrogen-bond acceptors (Lipinski definition) is 4. The average Bonchev–Trinajstić information content (AvgIpc) is 2.16. The number of benzene rings is 1. The Morgan fingerprint density at radius 1 is 1.43 bits per heavy atom. The van der Waals surface area contributed by atoms with E-state index in [-0.39, 0.29) is 17.1 Å². The molecule has 0 bridgehead atoms. The molecule has 0 heterocycles. The number of hydrogen-bond donors (Lipinski definition) is 3. The minimum Gasteiger partial charge on any atom is -0.495 e. The molecule has 0 aliphatic carbocycles. The second-order valence-electron chi connectivity index (χ2n) is 2.73. The zero-order valence-electron chi connectivity index (χ0n) is 7.57. The second kappa shape index (κ2) is 4.66. The summed E-state index contributed by atoms with van der Waals surface area (Å²) in [5.74, 6) is 0.346. The van der Waals surface area contributed by atoms with E-state index >= 15 is 0 Å². The average molecular weight is 216 g/mol. The molecule has 0 aromatic heterocycles. The van der Waals surface area contributed by atoms with Crippen LogP contribution in [0.4, 0.5) is 0 Å². The summed E-state index contributed by atoms with van der Waals surface area (Å²) >= 11 is 5.80. The van der Waals surface area contributed by atoms with Gasteiger partial charge in [-0.25, -0.2) is 0 Å². The number of ether oxygens (including phenoxy) is 1. The minimum atomic E-state index is -1.61. The van der Waals surface area contributed by atoms with Gasteiger partial charge in [-0.2, -0.15) is 0 Å². The van der Waals surface area contributed by atoms with E-state index in [1.807, 2.05) is 0 Å². The Kier molecular flexibility index (Phi) is 3.77. The fraction of sp³-hybridized carbons (Fsp3) is 0.250. The van der Waals surface area contributed by atoms with E-state index in [9.17, 15) is 0 Å². The monoisotopic (exact) mass is 216 g/mol. The molecule has 4 nitrogen and oxygen atoms in total. The van der Waals surface area contributed by atoms with Crippen molar-refractivity contribution >= 4 is 24.2 Å². The first kappa shape index (κ1) is 11.3. The lowest BCUT2D eigenvalue weighted by molar-refractivity contribution is 0.274. The largest absolute Gasteiger partial charge is 0.495 e. The Morgan fingerprint density at radius 2 is 2.07 bits per heavy atom. The van der Waals surface area contributed by atoms with Crippen molar-refractivity contribution in [3.63, 3.8) is 0 Å². The molecule has 6 heteroatoms. The summed E-state index contributed by atoms with van der Waals surface area (Å²) in [6.45, 7) is -0.274. The highest BCUT2D eigenvalue weighted by Gasteiger charge is 2.16. The van der Waals surface area contributed by atoms with Gasteiger partial charge in [0.25, 0.3) is 0 Å². The SMILES string of the molecule is COc1c(Cl)cc(B(O)O)cc1CO. The van der Waals surface area contributed by atoms with E-state index in [4.69, 9.17) is 31.5 Å². The standard InChI is InChI=1S/C8H10BClO4/c1-14-8-5(4-11)2-6(9(12)13)3-7(8)10/h2-3,11-13H,4H2,1H3. The number of rotatable bonds is 3. The first-order valence-corrected chi connectivity index (χ1v) is 4.31. The molecular formula is C8H10BClO4. The highest BCUT2D eigenvalue weighted by molar-refractivity contribution is 6.59. The van der Waals surface area contributed by atoms with Crippen molar-refractivity contribution in [1.82, 2.24) is 0 Å². The molecule has 0 fully saturated rings. The van der Waals surface area contributed by atoms with Gasteiger partial charge in [-0.1, -0.05) is 17.7 Å². The minimum absolute atomic E-state index is 0.222. The van der Waals surface area contributed by atoms with Crippen molar-refractivity contribution in [1.29, 1.82) is 0 Å². The van der Waals surface area contributed by atoms with Gasteiger partial charge in [-0.05, 0) is 11.5 Å². The van der Waals surface area contributed by atoms with Crippen LogP contribution in [0.5, 0.6) is 5.75 Å². The summed E-state index contributed by atoms with van der Waals surface area (Å²) in [7, 11) is -0.182. The summed E-state index contributed by atoms with van der Waals surface area (Å²) < 4.78 is 4.95. The molecule has 0 spiro atoms. The molecule has 0 unspecified atom stereocenters. The first-order valence-electron chi connectivity index (χ1n) is 3.93. The Bertz CT molecular complexity index is 329. The molecule has 0 atom stereocenters. The fourth-order valence-electron chi connectivity index (χ4n) is 1.17. The predicted molar refractivity (Wildman–Crippen MR) is 53.8 cm³/mol. The lowest BCUT2D eigenvalue weighted by Crippen LogP contribution is -2.30. The van der Waals surface area contributed by atoms with Crippen molar-refractivity contribution in [3.05, 3.63) is 22.7 Å². The molecule has 0 aliphatic rings. The third-order valence-corrected chi connectivity index (χ3v) is 2.10. The maximum Gasteiger partial charge on any atom is 0.488 e. The number of aliphatic hydroxyl groups excluding tert-OH is 1. The van der Waals surface area contributed by atoms with Gasteiger partial charge in [0.2, 0.25) is 0 Å². The van der Waals surface area contributed by atoms with Crippen LogP contribution in [0.25, 0.3) is 0 Å². The molecular weight excluding hydrogens is 206 g/mol. The zero-order chi connectivity index (χ0) is 10.7. The van der Waals surface area contributed by atoms with Crippen LogP contribution in [0.1, 0.15) is 5.56 Å². The van der Waals surface area contributed by atoms with Gasteiger partial charge >= 0.3 is 7.12 Å². The van der Waals surface area contributed by atoms with Gasteiger partial charge in [-0.3, -0.25) is 0 Å². The van der Waals surface area contributed by atoms with Crippen LogP contribution in [-0.2, 0) is 6.61 Å². The summed E-state index contributed by atoms with van der Waals surface area (Å²) in [5, 5.41) is 27.0. The summed E-state index contributed by atoms with van der Waals surface area (Å²) in [4.78, 5) is 0. The van der Waals surface area contributed by atoms with Crippen LogP contribution in [0.3, 0.4) is 0 Å². The third-order valence-electron chi connectivity index (χ3n) is 1.82. The van der Waals surface area contributed by atoms with E-state index in [1.54, 1.807) is 0 Å². The summed E-state index contributed by atoms with van der Waals surface area (Å²) in [6.07, 6.45) is 0. The van der Waals surface area contributed by atoms with E-state index in [0.29, 0.717) is 11.3 Å². The molecule has 0 aliphatic heterocycles. The summed E-state index contributed by atoms with van der Waals surface area (Å²) in [6, 6.07) is 2.81. The van der Waals surface area contributed by atoms with Crippen molar-refractivity contribution in [2.75, 3.05) is 7.11 Å². The molecule has 0 saturated carbocycles. The maximum atomic E-state index is 8.98. The van der Waals surface area contributed by atoms with Gasteiger partial charge in [0.1, 0.15) is 5.75 Å². The van der Waals surface area contributed by atoms with Gasteiger partial charge in [-0.15, -0.1) is 0 Å². The van der Waals surface area contributed by atoms with Crippen LogP contribution in [0.2, 0.25) is 5.02 Å². The van der Waals surface area contributed by atoms with Gasteiger partial charge in [0.15, 0.2) is 0 Å². The van der Waals surface area contributed by atoms with Crippen LogP contribution < -0.4 is 10.2 Å². The lowest BCUT2D eigenvalue weighted by Gasteiger charge is -2.10. The maximum absolute atomic E-state index is 8.98. The fourth-order valence-corrected chi connectivity index (χ4v) is 1.49. The molecule has 0 saturated heterocycles. The Hall–Kier alpha value is -0.745. The second-order valence-corrected chi connectivity index (χ2v) is 3.13. The van der Waals surface area contributed by atoms with E-state index in [0.717, 1.165) is 0 Å². The molecule has 1 aromatic carbocycles. The first-order chi connectivity index (χ1) is 6.60. The van der Waals surface area contributed by atoms with Crippen molar-refractivity contribution in [2.45, 2.75) is 6.61 Å². The summed E-state index contributed by atoms with van der Waals surface area (Å²) in [5.41, 5.74) is 0.642. The number of halogens is 1.